The van der Waals surface area contributed by atoms with Crippen molar-refractivity contribution in [3.05, 3.63) is 0 Å². The molecule has 0 aromatic rings. The van der Waals surface area contributed by atoms with Crippen LogP contribution < -0.4 is 0 Å². The monoisotopic (exact) mass is 201 g/mol. The van der Waals surface area contributed by atoms with Crippen molar-refractivity contribution >= 4 is 12.1 Å². The van der Waals surface area contributed by atoms with Gasteiger partial charge in [0.05, 0.1) is 6.61 Å². The van der Waals surface area contributed by atoms with Gasteiger partial charge < -0.3 is 9.84 Å². The minimum absolute atomic E-state index is 0.372. The third kappa shape index (κ3) is 1.66. The molecule has 5 nitrogen and oxygen atoms in total. The fourth-order valence-corrected chi connectivity index (χ4v) is 1.46. The Labute approximate surface area is 82.6 Å². The van der Waals surface area contributed by atoms with Crippen molar-refractivity contribution in [2.45, 2.75) is 32.2 Å². The van der Waals surface area contributed by atoms with Gasteiger partial charge in [0.1, 0.15) is 5.54 Å². The predicted octanol–water partition coefficient (Wildman–Crippen LogP) is 1.08. The Bertz CT molecular complexity index is 253. The van der Waals surface area contributed by atoms with Crippen LogP contribution in [0.15, 0.2) is 0 Å². The number of cyclic esters (lactones) is 1. The average Bonchev–Trinajstić information content (AvgIpc) is 2.17. The summed E-state index contributed by atoms with van der Waals surface area (Å²) in [6.45, 7) is 4.13. The number of ether oxygens (including phenoxy) is 1. The van der Waals surface area contributed by atoms with E-state index in [-0.39, 0.29) is 0 Å². The molecule has 1 aliphatic rings. The van der Waals surface area contributed by atoms with Crippen LogP contribution in [0.2, 0.25) is 0 Å². The SMILES string of the molecule is CCC(C)(C(=O)O)N1CCCOC1=O. The van der Waals surface area contributed by atoms with Crippen molar-refractivity contribution in [2.24, 2.45) is 0 Å². The topological polar surface area (TPSA) is 66.8 Å². The summed E-state index contributed by atoms with van der Waals surface area (Å²) < 4.78 is 4.81. The van der Waals surface area contributed by atoms with Crippen LogP contribution in [0.25, 0.3) is 0 Å². The van der Waals surface area contributed by atoms with Gasteiger partial charge in [0.15, 0.2) is 0 Å². The van der Waals surface area contributed by atoms with Crippen molar-refractivity contribution in [3.8, 4) is 0 Å². The summed E-state index contributed by atoms with van der Waals surface area (Å²) >= 11 is 0. The van der Waals surface area contributed by atoms with Crippen LogP contribution in [0.1, 0.15) is 26.7 Å². The number of carboxylic acids is 1. The number of hydrogen-bond acceptors (Lipinski definition) is 3. The van der Waals surface area contributed by atoms with Gasteiger partial charge in [-0.15, -0.1) is 0 Å². The Morgan fingerprint density at radius 3 is 2.79 bits per heavy atom. The highest BCUT2D eigenvalue weighted by Gasteiger charge is 2.42. The van der Waals surface area contributed by atoms with Crippen LogP contribution in [-0.4, -0.2) is 40.8 Å². The van der Waals surface area contributed by atoms with E-state index in [2.05, 4.69) is 0 Å². The van der Waals surface area contributed by atoms with E-state index in [0.29, 0.717) is 26.0 Å². The molecule has 1 heterocycles. The number of carbonyl (C=O) groups is 2. The van der Waals surface area contributed by atoms with E-state index < -0.39 is 17.6 Å². The molecular weight excluding hydrogens is 186 g/mol. The minimum atomic E-state index is -1.14. The first kappa shape index (κ1) is 10.8. The van der Waals surface area contributed by atoms with E-state index in [0.717, 1.165) is 0 Å². The molecule has 1 atom stereocenters. The molecule has 1 aliphatic heterocycles. The van der Waals surface area contributed by atoms with E-state index in [1.54, 1.807) is 13.8 Å². The van der Waals surface area contributed by atoms with Crippen molar-refractivity contribution in [1.29, 1.82) is 0 Å². The highest BCUT2D eigenvalue weighted by Crippen LogP contribution is 2.23. The summed E-state index contributed by atoms with van der Waals surface area (Å²) in [7, 11) is 0. The number of hydrogen-bond donors (Lipinski definition) is 1. The van der Waals surface area contributed by atoms with Gasteiger partial charge in [0, 0.05) is 6.54 Å². The standard InChI is InChI=1S/C9H15NO4/c1-3-9(2,7(11)12)10-5-4-6-14-8(10)13/h3-6H2,1-2H3,(H,11,12). The Hall–Kier alpha value is -1.26. The molecule has 0 aromatic carbocycles. The normalized spacial score (nSPS) is 21.3. The first-order valence-electron chi connectivity index (χ1n) is 4.70. The zero-order valence-electron chi connectivity index (χ0n) is 8.45. The molecule has 0 radical (unpaired) electrons. The molecule has 0 bridgehead atoms. The van der Waals surface area contributed by atoms with E-state index in [4.69, 9.17) is 9.84 Å². The zero-order valence-corrected chi connectivity index (χ0v) is 8.45. The highest BCUT2D eigenvalue weighted by molar-refractivity contribution is 5.84. The Morgan fingerprint density at radius 2 is 2.36 bits per heavy atom. The number of amides is 1. The molecule has 1 rings (SSSR count). The van der Waals surface area contributed by atoms with E-state index in [1.807, 2.05) is 0 Å². The number of aliphatic carboxylic acids is 1. The maximum atomic E-state index is 11.3. The second kappa shape index (κ2) is 3.86. The second-order valence-corrected chi connectivity index (χ2v) is 3.55. The van der Waals surface area contributed by atoms with Gasteiger partial charge in [-0.25, -0.2) is 9.59 Å². The van der Waals surface area contributed by atoms with Crippen LogP contribution >= 0.6 is 0 Å². The van der Waals surface area contributed by atoms with E-state index in [9.17, 15) is 9.59 Å². The summed E-state index contributed by atoms with van der Waals surface area (Å²) in [5.41, 5.74) is -1.14. The van der Waals surface area contributed by atoms with Gasteiger partial charge in [-0.3, -0.25) is 4.90 Å². The van der Waals surface area contributed by atoms with Crippen LogP contribution in [0, 0.1) is 0 Å². The number of carbonyl (C=O) groups excluding carboxylic acids is 1. The quantitative estimate of drug-likeness (QED) is 0.742. The third-order valence-corrected chi connectivity index (χ3v) is 2.72. The molecule has 5 heteroatoms. The maximum absolute atomic E-state index is 11.3. The predicted molar refractivity (Wildman–Crippen MR) is 49.0 cm³/mol. The van der Waals surface area contributed by atoms with Gasteiger partial charge in [0.25, 0.3) is 0 Å². The van der Waals surface area contributed by atoms with Gasteiger partial charge in [-0.2, -0.15) is 0 Å². The minimum Gasteiger partial charge on any atom is -0.480 e. The summed E-state index contributed by atoms with van der Waals surface area (Å²) in [4.78, 5) is 23.7. The molecule has 0 saturated carbocycles. The number of rotatable bonds is 3. The molecule has 80 valence electrons. The number of nitrogens with zero attached hydrogens (tertiary/aromatic N) is 1. The molecule has 14 heavy (non-hydrogen) atoms. The fourth-order valence-electron chi connectivity index (χ4n) is 1.46. The molecule has 1 amide bonds. The Morgan fingerprint density at radius 1 is 1.71 bits per heavy atom. The zero-order chi connectivity index (χ0) is 10.8. The lowest BCUT2D eigenvalue weighted by atomic mass is 9.96. The maximum Gasteiger partial charge on any atom is 0.410 e. The Balaban J connectivity index is 2.87. The van der Waals surface area contributed by atoms with Crippen LogP contribution in [0.5, 0.6) is 0 Å². The smallest absolute Gasteiger partial charge is 0.410 e. The van der Waals surface area contributed by atoms with E-state index in [1.165, 1.54) is 4.90 Å². The van der Waals surface area contributed by atoms with Crippen LogP contribution in [-0.2, 0) is 9.53 Å². The third-order valence-electron chi connectivity index (χ3n) is 2.72. The Kier molecular flexibility index (Phi) is 2.98. The lowest BCUT2D eigenvalue weighted by Crippen LogP contribution is -2.57. The summed E-state index contributed by atoms with van der Waals surface area (Å²) in [5, 5.41) is 9.05. The fraction of sp³-hybridized carbons (Fsp3) is 0.778. The van der Waals surface area contributed by atoms with Gasteiger partial charge in [0.2, 0.25) is 0 Å². The van der Waals surface area contributed by atoms with Crippen LogP contribution in [0.4, 0.5) is 4.79 Å². The number of carboxylic acid groups (broad SMARTS) is 1. The summed E-state index contributed by atoms with van der Waals surface area (Å²) in [6, 6.07) is 0. The molecule has 0 aromatic heterocycles. The van der Waals surface area contributed by atoms with Crippen molar-refractivity contribution in [2.75, 3.05) is 13.2 Å². The average molecular weight is 201 g/mol. The molecule has 0 aliphatic carbocycles. The lowest BCUT2D eigenvalue weighted by Gasteiger charge is -2.38. The van der Waals surface area contributed by atoms with Gasteiger partial charge >= 0.3 is 12.1 Å². The molecule has 1 saturated heterocycles. The van der Waals surface area contributed by atoms with Crippen molar-refractivity contribution in [3.63, 3.8) is 0 Å². The van der Waals surface area contributed by atoms with Gasteiger partial charge in [-0.1, -0.05) is 6.92 Å². The van der Waals surface area contributed by atoms with Crippen LogP contribution in [0.3, 0.4) is 0 Å². The molecule has 0 spiro atoms. The molecule has 1 fully saturated rings. The van der Waals surface area contributed by atoms with Crippen molar-refractivity contribution in [1.82, 2.24) is 4.90 Å². The first-order chi connectivity index (χ1) is 6.52. The first-order valence-corrected chi connectivity index (χ1v) is 4.70. The lowest BCUT2D eigenvalue weighted by molar-refractivity contribution is -0.150. The molecule has 1 unspecified atom stereocenters. The summed E-state index contributed by atoms with van der Waals surface area (Å²) in [5.74, 6) is -0.987. The second-order valence-electron chi connectivity index (χ2n) is 3.55. The van der Waals surface area contributed by atoms with Crippen molar-refractivity contribution < 1.29 is 19.4 Å². The van der Waals surface area contributed by atoms with E-state index >= 15 is 0 Å². The van der Waals surface area contributed by atoms with Gasteiger partial charge in [-0.05, 0) is 19.8 Å². The molecular formula is C9H15NO4. The summed E-state index contributed by atoms with van der Waals surface area (Å²) in [6.07, 6.45) is 0.537. The highest BCUT2D eigenvalue weighted by atomic mass is 16.6. The largest absolute Gasteiger partial charge is 0.480 e. The molecule has 1 N–H and O–H groups in total.